The van der Waals surface area contributed by atoms with Crippen LogP contribution < -0.4 is 0 Å². The van der Waals surface area contributed by atoms with E-state index in [1.165, 1.54) is 0 Å². The fourth-order valence-electron chi connectivity index (χ4n) is 3.86. The van der Waals surface area contributed by atoms with Gasteiger partial charge in [0.1, 0.15) is 0 Å². The second kappa shape index (κ2) is 8.43. The maximum absolute atomic E-state index is 12.5. The molecule has 130 valence electrons. The number of hydrogen-bond donors (Lipinski definition) is 0. The fraction of sp³-hybridized carbons (Fsp3) is 0.600. The lowest BCUT2D eigenvalue weighted by Gasteiger charge is -2.27. The maximum atomic E-state index is 12.5. The molecule has 1 aromatic heterocycles. The maximum Gasteiger partial charge on any atom is 0.223 e. The first-order valence-electron chi connectivity index (χ1n) is 9.27. The third kappa shape index (κ3) is 4.67. The zero-order valence-corrected chi connectivity index (χ0v) is 14.7. The third-order valence-electron chi connectivity index (χ3n) is 5.36. The van der Waals surface area contributed by atoms with Crippen molar-refractivity contribution in [2.45, 2.75) is 51.1 Å². The Hall–Kier alpha value is -1.68. The van der Waals surface area contributed by atoms with E-state index in [9.17, 15) is 4.79 Å². The number of likely N-dealkylation sites (tertiary alicyclic amines) is 1. The van der Waals surface area contributed by atoms with Gasteiger partial charge >= 0.3 is 0 Å². The highest BCUT2D eigenvalue weighted by Crippen LogP contribution is 2.23. The van der Waals surface area contributed by atoms with E-state index >= 15 is 0 Å². The summed E-state index contributed by atoms with van der Waals surface area (Å²) < 4.78 is 0. The fourth-order valence-corrected chi connectivity index (χ4v) is 3.86. The van der Waals surface area contributed by atoms with Gasteiger partial charge in [0.15, 0.2) is 0 Å². The SMILES string of the molecule is CN(Cc1ccccn1)[C@H]1CCCN(C(=O)C[C@H]2C=CCC2)CC1. The number of carbonyl (C=O) groups is 1. The Kier molecular flexibility index (Phi) is 6.02. The normalized spacial score (nSPS) is 24.3. The summed E-state index contributed by atoms with van der Waals surface area (Å²) in [6.45, 7) is 2.70. The number of allylic oxidation sites excluding steroid dienone is 2. The van der Waals surface area contributed by atoms with Crippen LogP contribution in [-0.4, -0.2) is 46.9 Å². The van der Waals surface area contributed by atoms with Crippen LogP contribution in [0.15, 0.2) is 36.5 Å². The lowest BCUT2D eigenvalue weighted by atomic mass is 10.0. The summed E-state index contributed by atoms with van der Waals surface area (Å²) in [4.78, 5) is 21.5. The number of carbonyl (C=O) groups excluding carboxylic acids is 1. The molecule has 1 saturated heterocycles. The number of rotatable bonds is 5. The van der Waals surface area contributed by atoms with E-state index in [-0.39, 0.29) is 0 Å². The zero-order valence-electron chi connectivity index (χ0n) is 14.7. The quantitative estimate of drug-likeness (QED) is 0.779. The number of pyridine rings is 1. The number of hydrogen-bond acceptors (Lipinski definition) is 3. The van der Waals surface area contributed by atoms with Crippen molar-refractivity contribution in [3.8, 4) is 0 Å². The number of aromatic nitrogens is 1. The summed E-state index contributed by atoms with van der Waals surface area (Å²) >= 11 is 0. The van der Waals surface area contributed by atoms with E-state index in [1.54, 1.807) is 0 Å². The van der Waals surface area contributed by atoms with Gasteiger partial charge in [-0.3, -0.25) is 14.7 Å². The number of amides is 1. The van der Waals surface area contributed by atoms with E-state index in [4.69, 9.17) is 0 Å². The van der Waals surface area contributed by atoms with Crippen molar-refractivity contribution >= 4 is 5.91 Å². The summed E-state index contributed by atoms with van der Waals surface area (Å²) in [6, 6.07) is 6.62. The van der Waals surface area contributed by atoms with Gasteiger partial charge < -0.3 is 4.90 Å². The molecule has 2 heterocycles. The smallest absolute Gasteiger partial charge is 0.223 e. The standard InChI is InChI=1S/C20H29N3O/c1-22(16-18-9-4-5-12-21-18)19-10-6-13-23(14-11-19)20(24)15-17-7-2-3-8-17/h2,4-5,7,9,12,17,19H,3,6,8,10-11,13-16H2,1H3/t17-,19-/m0/s1. The van der Waals surface area contributed by atoms with E-state index in [2.05, 4.69) is 40.0 Å². The average Bonchev–Trinajstić information content (AvgIpc) is 2.96. The van der Waals surface area contributed by atoms with Crippen molar-refractivity contribution in [1.29, 1.82) is 0 Å². The Morgan fingerprint density at radius 2 is 2.21 bits per heavy atom. The molecule has 3 rings (SSSR count). The van der Waals surface area contributed by atoms with Gasteiger partial charge in [0.05, 0.1) is 5.69 Å². The van der Waals surface area contributed by atoms with Crippen molar-refractivity contribution in [2.24, 2.45) is 5.92 Å². The van der Waals surface area contributed by atoms with Crippen LogP contribution >= 0.6 is 0 Å². The molecular weight excluding hydrogens is 298 g/mol. The highest BCUT2D eigenvalue weighted by Gasteiger charge is 2.24. The zero-order chi connectivity index (χ0) is 16.8. The molecule has 0 bridgehead atoms. The molecule has 1 aliphatic carbocycles. The second-order valence-corrected chi connectivity index (χ2v) is 7.17. The van der Waals surface area contributed by atoms with Crippen LogP contribution in [0.2, 0.25) is 0 Å². The van der Waals surface area contributed by atoms with Crippen LogP contribution in [-0.2, 0) is 11.3 Å². The molecule has 0 aromatic carbocycles. The summed E-state index contributed by atoms with van der Waals surface area (Å²) in [6.07, 6.45) is 12.6. The molecule has 1 amide bonds. The van der Waals surface area contributed by atoms with Crippen LogP contribution in [0.25, 0.3) is 0 Å². The first kappa shape index (κ1) is 17.2. The molecule has 1 aromatic rings. The van der Waals surface area contributed by atoms with Gasteiger partial charge in [-0.15, -0.1) is 0 Å². The van der Waals surface area contributed by atoms with Gasteiger partial charge in [0, 0.05) is 38.3 Å². The molecule has 4 nitrogen and oxygen atoms in total. The van der Waals surface area contributed by atoms with Crippen LogP contribution in [0.1, 0.15) is 44.2 Å². The van der Waals surface area contributed by atoms with Crippen LogP contribution in [0.3, 0.4) is 0 Å². The van der Waals surface area contributed by atoms with E-state index in [1.807, 2.05) is 18.3 Å². The Balaban J connectivity index is 1.49. The number of nitrogens with zero attached hydrogens (tertiary/aromatic N) is 3. The molecule has 0 saturated carbocycles. The van der Waals surface area contributed by atoms with Gasteiger partial charge in [0.2, 0.25) is 5.91 Å². The summed E-state index contributed by atoms with van der Waals surface area (Å²) in [5.41, 5.74) is 1.12. The van der Waals surface area contributed by atoms with Gasteiger partial charge in [-0.2, -0.15) is 0 Å². The topological polar surface area (TPSA) is 36.4 Å². The summed E-state index contributed by atoms with van der Waals surface area (Å²) in [5.74, 6) is 0.822. The monoisotopic (exact) mass is 327 g/mol. The van der Waals surface area contributed by atoms with E-state index < -0.39 is 0 Å². The molecule has 2 aliphatic rings. The molecule has 24 heavy (non-hydrogen) atoms. The lowest BCUT2D eigenvalue weighted by Crippen LogP contribution is -2.35. The van der Waals surface area contributed by atoms with Crippen molar-refractivity contribution in [2.75, 3.05) is 20.1 Å². The van der Waals surface area contributed by atoms with Gasteiger partial charge in [-0.05, 0) is 57.2 Å². The van der Waals surface area contributed by atoms with Gasteiger partial charge in [0.25, 0.3) is 0 Å². The molecule has 1 fully saturated rings. The molecule has 1 aliphatic heterocycles. The minimum atomic E-state index is 0.347. The first-order chi connectivity index (χ1) is 11.7. The summed E-state index contributed by atoms with van der Waals surface area (Å²) in [5, 5.41) is 0. The molecular formula is C20H29N3O. The van der Waals surface area contributed by atoms with Crippen LogP contribution in [0.5, 0.6) is 0 Å². The Morgan fingerprint density at radius 3 is 2.96 bits per heavy atom. The second-order valence-electron chi connectivity index (χ2n) is 7.17. The van der Waals surface area contributed by atoms with E-state index in [0.717, 1.165) is 57.4 Å². The molecule has 0 radical (unpaired) electrons. The van der Waals surface area contributed by atoms with E-state index in [0.29, 0.717) is 24.3 Å². The van der Waals surface area contributed by atoms with Crippen LogP contribution in [0, 0.1) is 5.92 Å². The van der Waals surface area contributed by atoms with Gasteiger partial charge in [-0.25, -0.2) is 0 Å². The summed E-state index contributed by atoms with van der Waals surface area (Å²) in [7, 11) is 2.18. The molecule has 2 atom stereocenters. The average molecular weight is 327 g/mol. The third-order valence-corrected chi connectivity index (χ3v) is 5.36. The first-order valence-corrected chi connectivity index (χ1v) is 9.27. The molecule has 0 N–H and O–H groups in total. The van der Waals surface area contributed by atoms with Gasteiger partial charge in [-0.1, -0.05) is 18.2 Å². The molecule has 4 heteroatoms. The lowest BCUT2D eigenvalue weighted by molar-refractivity contribution is -0.131. The Morgan fingerprint density at radius 1 is 1.29 bits per heavy atom. The molecule has 0 unspecified atom stereocenters. The largest absolute Gasteiger partial charge is 0.343 e. The molecule has 0 spiro atoms. The predicted octanol–water partition coefficient (Wildman–Crippen LogP) is 3.25. The minimum Gasteiger partial charge on any atom is -0.343 e. The highest BCUT2D eigenvalue weighted by atomic mass is 16.2. The Labute approximate surface area is 145 Å². The highest BCUT2D eigenvalue weighted by molar-refractivity contribution is 5.76. The van der Waals surface area contributed by atoms with Crippen molar-refractivity contribution in [1.82, 2.24) is 14.8 Å². The van der Waals surface area contributed by atoms with Crippen LogP contribution in [0.4, 0.5) is 0 Å². The Bertz CT molecular complexity index is 557. The van der Waals surface area contributed by atoms with Crippen molar-refractivity contribution < 1.29 is 4.79 Å². The predicted molar refractivity (Wildman–Crippen MR) is 96.4 cm³/mol. The minimum absolute atomic E-state index is 0.347. The van der Waals surface area contributed by atoms with Crippen molar-refractivity contribution in [3.63, 3.8) is 0 Å². The van der Waals surface area contributed by atoms with Crippen molar-refractivity contribution in [3.05, 3.63) is 42.2 Å².